The molecule has 0 aliphatic rings. The molecule has 0 radical (unpaired) electrons. The van der Waals surface area contributed by atoms with Gasteiger partial charge in [-0.2, -0.15) is 0 Å². The van der Waals surface area contributed by atoms with E-state index < -0.39 is 0 Å². The highest BCUT2D eigenvalue weighted by Gasteiger charge is 2.15. The molecule has 1 amide bonds. The lowest BCUT2D eigenvalue weighted by molar-refractivity contribution is 0.0736. The highest BCUT2D eigenvalue weighted by Crippen LogP contribution is 2.22. The molecule has 0 atom stereocenters. The molecule has 4 nitrogen and oxygen atoms in total. The summed E-state index contributed by atoms with van der Waals surface area (Å²) in [4.78, 5) is 14.1. The second-order valence-electron chi connectivity index (χ2n) is 2.96. The van der Waals surface area contributed by atoms with Gasteiger partial charge in [0.1, 0.15) is 5.75 Å². The Kier molecular flexibility index (Phi) is 4.58. The first-order valence-electron chi connectivity index (χ1n) is 4.75. The maximum absolute atomic E-state index is 11.9. The number of methoxy groups -OCH3 is 1. The zero-order valence-electron chi connectivity index (χ0n) is 8.90. The number of aliphatic hydroxyl groups is 1. The summed E-state index contributed by atoms with van der Waals surface area (Å²) in [5, 5.41) is 10.6. The number of likely N-dealkylation sites (N-methyl/N-ethyl adjacent to an activating group) is 1. The van der Waals surface area contributed by atoms with Crippen molar-refractivity contribution in [2.75, 3.05) is 26.8 Å². The predicted octanol–water partition coefficient (Wildman–Crippen LogP) is 1.21. The van der Waals surface area contributed by atoms with Gasteiger partial charge in [-0.3, -0.25) is 4.79 Å². The molecule has 0 aliphatic carbocycles. The van der Waals surface area contributed by atoms with Crippen molar-refractivity contribution in [1.82, 2.24) is 4.90 Å². The van der Waals surface area contributed by atoms with Crippen LogP contribution >= 0.6 is 11.3 Å². The van der Waals surface area contributed by atoms with Crippen molar-refractivity contribution in [3.05, 3.63) is 16.3 Å². The lowest BCUT2D eigenvalue weighted by Gasteiger charge is -2.18. The Hall–Kier alpha value is -1.07. The van der Waals surface area contributed by atoms with Crippen LogP contribution < -0.4 is 4.74 Å². The van der Waals surface area contributed by atoms with E-state index in [1.54, 1.807) is 23.5 Å². The minimum atomic E-state index is -0.0557. The lowest BCUT2D eigenvalue weighted by atomic mass is 10.3. The minimum absolute atomic E-state index is 0.0118. The molecular weight excluding hydrogens is 214 g/mol. The molecule has 15 heavy (non-hydrogen) atoms. The number of carbonyl (C=O) groups excluding carboxylic acids is 1. The molecule has 0 spiro atoms. The van der Waals surface area contributed by atoms with Gasteiger partial charge in [-0.15, -0.1) is 11.3 Å². The normalized spacial score (nSPS) is 10.1. The molecule has 0 aromatic carbocycles. The summed E-state index contributed by atoms with van der Waals surface area (Å²) in [5.74, 6) is 0.642. The summed E-state index contributed by atoms with van der Waals surface area (Å²) in [6.07, 6.45) is 0. The van der Waals surface area contributed by atoms with Crippen LogP contribution in [0.4, 0.5) is 0 Å². The molecule has 0 saturated carbocycles. The van der Waals surface area contributed by atoms with Crippen molar-refractivity contribution >= 4 is 17.2 Å². The molecule has 1 heterocycles. The first kappa shape index (κ1) is 12.0. The van der Waals surface area contributed by atoms with Gasteiger partial charge in [0.15, 0.2) is 0 Å². The Morgan fingerprint density at radius 3 is 2.87 bits per heavy atom. The van der Waals surface area contributed by atoms with Gasteiger partial charge in [0.2, 0.25) is 0 Å². The van der Waals surface area contributed by atoms with Crippen LogP contribution in [0.1, 0.15) is 16.6 Å². The van der Waals surface area contributed by atoms with Crippen LogP contribution in [0.15, 0.2) is 11.4 Å². The third-order valence-corrected chi connectivity index (χ3v) is 2.96. The number of hydrogen-bond donors (Lipinski definition) is 1. The highest BCUT2D eigenvalue weighted by atomic mass is 32.1. The fourth-order valence-corrected chi connectivity index (χ4v) is 2.04. The lowest BCUT2D eigenvalue weighted by Crippen LogP contribution is -2.32. The second kappa shape index (κ2) is 5.72. The van der Waals surface area contributed by atoms with Gasteiger partial charge in [-0.1, -0.05) is 0 Å². The number of carbonyl (C=O) groups is 1. The van der Waals surface area contributed by atoms with Crippen LogP contribution in [0.3, 0.4) is 0 Å². The van der Waals surface area contributed by atoms with E-state index in [1.807, 2.05) is 6.92 Å². The molecule has 1 N–H and O–H groups in total. The van der Waals surface area contributed by atoms with Crippen LogP contribution in [-0.2, 0) is 0 Å². The number of hydrogen-bond acceptors (Lipinski definition) is 4. The van der Waals surface area contributed by atoms with Crippen LogP contribution in [0.25, 0.3) is 0 Å². The van der Waals surface area contributed by atoms with E-state index in [1.165, 1.54) is 11.3 Å². The van der Waals surface area contributed by atoms with Crippen molar-refractivity contribution in [2.45, 2.75) is 6.92 Å². The van der Waals surface area contributed by atoms with E-state index in [9.17, 15) is 4.79 Å². The number of aliphatic hydroxyl groups excluding tert-OH is 1. The number of rotatable bonds is 5. The van der Waals surface area contributed by atoms with Gasteiger partial charge in [0.25, 0.3) is 5.91 Å². The largest absolute Gasteiger partial charge is 0.496 e. The summed E-state index contributed by atoms with van der Waals surface area (Å²) in [5.41, 5.74) is 0. The van der Waals surface area contributed by atoms with Crippen LogP contribution in [0.2, 0.25) is 0 Å². The third-order valence-electron chi connectivity index (χ3n) is 2.06. The fourth-order valence-electron chi connectivity index (χ4n) is 1.22. The van der Waals surface area contributed by atoms with Crippen molar-refractivity contribution in [3.8, 4) is 5.75 Å². The van der Waals surface area contributed by atoms with E-state index in [0.717, 1.165) is 0 Å². The fraction of sp³-hybridized carbons (Fsp3) is 0.500. The predicted molar refractivity (Wildman–Crippen MR) is 59.5 cm³/mol. The Bertz CT molecular complexity index is 324. The minimum Gasteiger partial charge on any atom is -0.496 e. The van der Waals surface area contributed by atoms with Crippen molar-refractivity contribution < 1.29 is 14.6 Å². The first-order chi connectivity index (χ1) is 7.22. The molecule has 0 unspecified atom stereocenters. The monoisotopic (exact) mass is 229 g/mol. The first-order valence-corrected chi connectivity index (χ1v) is 5.63. The van der Waals surface area contributed by atoms with Gasteiger partial charge >= 0.3 is 0 Å². The average Bonchev–Trinajstić information content (AvgIpc) is 2.73. The average molecular weight is 229 g/mol. The summed E-state index contributed by atoms with van der Waals surface area (Å²) >= 11 is 1.35. The molecule has 0 saturated heterocycles. The number of ether oxygens (including phenoxy) is 1. The molecule has 84 valence electrons. The molecule has 0 bridgehead atoms. The SMILES string of the molecule is CCN(CCO)C(=O)c1cc(OC)cs1. The van der Waals surface area contributed by atoms with E-state index >= 15 is 0 Å². The van der Waals surface area contributed by atoms with E-state index in [2.05, 4.69) is 0 Å². The molecule has 1 aromatic heterocycles. The topological polar surface area (TPSA) is 49.8 Å². The molecular formula is C10H15NO3S. The van der Waals surface area contributed by atoms with Gasteiger partial charge in [0, 0.05) is 24.5 Å². The van der Waals surface area contributed by atoms with Crippen molar-refractivity contribution in [2.24, 2.45) is 0 Å². The molecule has 0 aliphatic heterocycles. The molecule has 1 aromatic rings. The Balaban J connectivity index is 2.73. The smallest absolute Gasteiger partial charge is 0.264 e. The Labute approximate surface area is 93.1 Å². The van der Waals surface area contributed by atoms with Crippen molar-refractivity contribution in [1.29, 1.82) is 0 Å². The highest BCUT2D eigenvalue weighted by molar-refractivity contribution is 7.12. The van der Waals surface area contributed by atoms with E-state index in [4.69, 9.17) is 9.84 Å². The molecule has 5 heteroatoms. The molecule has 1 rings (SSSR count). The van der Waals surface area contributed by atoms with Gasteiger partial charge in [0.05, 0.1) is 18.6 Å². The summed E-state index contributed by atoms with van der Waals surface area (Å²) in [7, 11) is 1.57. The summed E-state index contributed by atoms with van der Waals surface area (Å²) in [6.45, 7) is 2.84. The quantitative estimate of drug-likeness (QED) is 0.825. The zero-order valence-corrected chi connectivity index (χ0v) is 9.71. The second-order valence-corrected chi connectivity index (χ2v) is 3.87. The maximum atomic E-state index is 11.9. The summed E-state index contributed by atoms with van der Waals surface area (Å²) < 4.78 is 5.01. The standard InChI is InChI=1S/C10H15NO3S/c1-3-11(4-5-12)10(13)9-6-8(14-2)7-15-9/h6-7,12H,3-5H2,1-2H3. The van der Waals surface area contributed by atoms with Gasteiger partial charge < -0.3 is 14.7 Å². The third kappa shape index (κ3) is 2.94. The van der Waals surface area contributed by atoms with E-state index in [0.29, 0.717) is 23.7 Å². The zero-order chi connectivity index (χ0) is 11.3. The maximum Gasteiger partial charge on any atom is 0.264 e. The molecule has 0 fully saturated rings. The summed E-state index contributed by atoms with van der Waals surface area (Å²) in [6, 6.07) is 1.72. The van der Waals surface area contributed by atoms with Crippen molar-refractivity contribution in [3.63, 3.8) is 0 Å². The number of nitrogens with zero attached hydrogens (tertiary/aromatic N) is 1. The number of amides is 1. The Morgan fingerprint density at radius 1 is 1.67 bits per heavy atom. The van der Waals surface area contributed by atoms with Gasteiger partial charge in [-0.25, -0.2) is 0 Å². The van der Waals surface area contributed by atoms with Crippen LogP contribution in [0, 0.1) is 0 Å². The van der Waals surface area contributed by atoms with E-state index in [-0.39, 0.29) is 12.5 Å². The number of thiophene rings is 1. The Morgan fingerprint density at radius 2 is 2.40 bits per heavy atom. The van der Waals surface area contributed by atoms with Gasteiger partial charge in [-0.05, 0) is 6.92 Å². The van der Waals surface area contributed by atoms with Crippen LogP contribution in [-0.4, -0.2) is 42.7 Å². The van der Waals surface area contributed by atoms with Crippen LogP contribution in [0.5, 0.6) is 5.75 Å².